The molecule has 1 aliphatic rings. The number of hydrogen-bond acceptors (Lipinski definition) is 6. The molecule has 0 aromatic carbocycles. The molecule has 1 N–H and O–H groups in total. The van der Waals surface area contributed by atoms with Crippen LogP contribution in [0.4, 0.5) is 0 Å². The minimum absolute atomic E-state index is 0.0814. The maximum absolute atomic E-state index is 12.1. The van der Waals surface area contributed by atoms with Crippen LogP contribution in [0.25, 0.3) is 11.4 Å². The molecule has 0 saturated carbocycles. The zero-order valence-electron chi connectivity index (χ0n) is 11.9. The first-order valence-electron chi connectivity index (χ1n) is 6.77. The Bertz CT molecular complexity index is 670. The van der Waals surface area contributed by atoms with Gasteiger partial charge in [-0.2, -0.15) is 4.98 Å². The number of pyridine rings is 1. The summed E-state index contributed by atoms with van der Waals surface area (Å²) in [5, 5.41) is 6.80. The molecule has 7 heteroatoms. The van der Waals surface area contributed by atoms with Crippen molar-refractivity contribution in [1.29, 1.82) is 0 Å². The molecular formula is C14H16N4O3. The third-order valence-corrected chi connectivity index (χ3v) is 3.74. The molecule has 1 atom stereocenters. The fraction of sp³-hybridized carbons (Fsp3) is 0.429. The van der Waals surface area contributed by atoms with Crippen LogP contribution in [0.5, 0.6) is 5.88 Å². The van der Waals surface area contributed by atoms with Crippen LogP contribution < -0.4 is 10.1 Å². The average Bonchev–Trinajstić information content (AvgIpc) is 3.00. The molecule has 3 heterocycles. The second kappa shape index (κ2) is 5.16. The molecule has 3 rings (SSSR count). The zero-order chi connectivity index (χ0) is 14.9. The smallest absolute Gasteiger partial charge is 0.242 e. The number of ether oxygens (including phenoxy) is 1. The van der Waals surface area contributed by atoms with E-state index in [1.807, 2.05) is 6.92 Å². The zero-order valence-corrected chi connectivity index (χ0v) is 11.9. The van der Waals surface area contributed by atoms with E-state index in [-0.39, 0.29) is 5.91 Å². The molecule has 2 aromatic heterocycles. The van der Waals surface area contributed by atoms with Crippen LogP contribution in [-0.4, -0.2) is 34.7 Å². The summed E-state index contributed by atoms with van der Waals surface area (Å²) < 4.78 is 10.5. The van der Waals surface area contributed by atoms with E-state index in [1.54, 1.807) is 18.3 Å². The summed E-state index contributed by atoms with van der Waals surface area (Å²) in [5.41, 5.74) is -0.145. The Morgan fingerprint density at radius 3 is 3.10 bits per heavy atom. The van der Waals surface area contributed by atoms with Crippen molar-refractivity contribution in [2.45, 2.75) is 25.2 Å². The number of amides is 1. The first kappa shape index (κ1) is 13.5. The molecule has 1 unspecified atom stereocenters. The molecule has 21 heavy (non-hydrogen) atoms. The van der Waals surface area contributed by atoms with Gasteiger partial charge < -0.3 is 14.6 Å². The van der Waals surface area contributed by atoms with Gasteiger partial charge in [-0.15, -0.1) is 0 Å². The number of aromatic nitrogens is 3. The Morgan fingerprint density at radius 1 is 1.48 bits per heavy atom. The summed E-state index contributed by atoms with van der Waals surface area (Å²) >= 11 is 0. The highest BCUT2D eigenvalue weighted by Crippen LogP contribution is 2.33. The van der Waals surface area contributed by atoms with Crippen molar-refractivity contribution in [3.05, 3.63) is 24.2 Å². The summed E-state index contributed by atoms with van der Waals surface area (Å²) in [6.07, 6.45) is 3.19. The lowest BCUT2D eigenvalue weighted by Crippen LogP contribution is -2.47. The van der Waals surface area contributed by atoms with Gasteiger partial charge in [-0.05, 0) is 31.9 Å². The van der Waals surface area contributed by atoms with Crippen LogP contribution in [0.2, 0.25) is 0 Å². The Labute approximate surface area is 121 Å². The molecule has 1 fully saturated rings. The molecule has 110 valence electrons. The van der Waals surface area contributed by atoms with E-state index in [1.165, 1.54) is 7.11 Å². The van der Waals surface area contributed by atoms with Crippen LogP contribution in [0.3, 0.4) is 0 Å². The van der Waals surface area contributed by atoms with Gasteiger partial charge in [-0.3, -0.25) is 4.79 Å². The van der Waals surface area contributed by atoms with E-state index in [2.05, 4.69) is 20.4 Å². The molecule has 0 aliphatic carbocycles. The summed E-state index contributed by atoms with van der Waals surface area (Å²) in [4.78, 5) is 20.6. The largest absolute Gasteiger partial charge is 0.480 e. The summed E-state index contributed by atoms with van der Waals surface area (Å²) in [5.74, 6) is 1.03. The van der Waals surface area contributed by atoms with E-state index in [0.29, 0.717) is 36.1 Å². The van der Waals surface area contributed by atoms with Gasteiger partial charge in [-0.25, -0.2) is 4.98 Å². The Hall–Kier alpha value is -2.44. The van der Waals surface area contributed by atoms with E-state index < -0.39 is 5.41 Å². The fourth-order valence-corrected chi connectivity index (χ4v) is 2.44. The number of nitrogens with one attached hydrogen (secondary N) is 1. The second-order valence-corrected chi connectivity index (χ2v) is 5.17. The highest BCUT2D eigenvalue weighted by atomic mass is 16.5. The van der Waals surface area contributed by atoms with Crippen molar-refractivity contribution in [3.8, 4) is 17.3 Å². The highest BCUT2D eigenvalue weighted by molar-refractivity contribution is 5.87. The van der Waals surface area contributed by atoms with Crippen LogP contribution in [0, 0.1) is 0 Å². The van der Waals surface area contributed by atoms with Crippen molar-refractivity contribution in [3.63, 3.8) is 0 Å². The van der Waals surface area contributed by atoms with E-state index in [4.69, 9.17) is 9.26 Å². The van der Waals surface area contributed by atoms with Crippen molar-refractivity contribution in [2.24, 2.45) is 0 Å². The molecule has 1 aliphatic heterocycles. The molecule has 0 bridgehead atoms. The standard InChI is InChI=1S/C14H16N4O3/c1-14(6-4-8-16-12(14)19)13-17-10(18-21-13)9-5-3-7-15-11(9)20-2/h3,5,7H,4,6,8H2,1-2H3,(H,16,19). The lowest BCUT2D eigenvalue weighted by atomic mass is 9.82. The maximum Gasteiger partial charge on any atom is 0.242 e. The first-order chi connectivity index (χ1) is 10.1. The van der Waals surface area contributed by atoms with E-state index in [0.717, 1.165) is 6.42 Å². The van der Waals surface area contributed by atoms with Crippen LogP contribution in [0.1, 0.15) is 25.7 Å². The lowest BCUT2D eigenvalue weighted by Gasteiger charge is -2.28. The van der Waals surface area contributed by atoms with Gasteiger partial charge >= 0.3 is 0 Å². The number of carbonyl (C=O) groups excluding carboxylic acids is 1. The topological polar surface area (TPSA) is 90.1 Å². The lowest BCUT2D eigenvalue weighted by molar-refractivity contribution is -0.128. The molecule has 1 saturated heterocycles. The van der Waals surface area contributed by atoms with Crippen molar-refractivity contribution in [2.75, 3.05) is 13.7 Å². The third-order valence-electron chi connectivity index (χ3n) is 3.74. The van der Waals surface area contributed by atoms with Gasteiger partial charge in [-0.1, -0.05) is 5.16 Å². The number of hydrogen-bond donors (Lipinski definition) is 1. The quantitative estimate of drug-likeness (QED) is 0.915. The van der Waals surface area contributed by atoms with E-state index in [9.17, 15) is 4.79 Å². The Kier molecular flexibility index (Phi) is 3.32. The SMILES string of the molecule is COc1ncccc1-c1noc(C2(C)CCCNC2=O)n1. The second-order valence-electron chi connectivity index (χ2n) is 5.17. The average molecular weight is 288 g/mol. The van der Waals surface area contributed by atoms with Gasteiger partial charge in [0.05, 0.1) is 12.7 Å². The van der Waals surface area contributed by atoms with E-state index >= 15 is 0 Å². The highest BCUT2D eigenvalue weighted by Gasteiger charge is 2.42. The number of nitrogens with zero attached hydrogens (tertiary/aromatic N) is 3. The predicted octanol–water partition coefficient (Wildman–Crippen LogP) is 1.31. The molecule has 7 nitrogen and oxygen atoms in total. The molecule has 2 aromatic rings. The van der Waals surface area contributed by atoms with Gasteiger partial charge in [0.25, 0.3) is 0 Å². The van der Waals surface area contributed by atoms with Crippen LogP contribution >= 0.6 is 0 Å². The predicted molar refractivity (Wildman–Crippen MR) is 73.7 cm³/mol. The third kappa shape index (κ3) is 2.24. The summed E-state index contributed by atoms with van der Waals surface area (Å²) in [7, 11) is 1.53. The van der Waals surface area contributed by atoms with Crippen LogP contribution in [-0.2, 0) is 10.2 Å². The number of methoxy groups -OCH3 is 1. The van der Waals surface area contributed by atoms with Gasteiger partial charge in [0.15, 0.2) is 0 Å². The molecule has 0 spiro atoms. The molecule has 1 amide bonds. The number of piperidine rings is 1. The fourth-order valence-electron chi connectivity index (χ4n) is 2.44. The summed E-state index contributed by atoms with van der Waals surface area (Å²) in [6.45, 7) is 2.51. The Morgan fingerprint density at radius 2 is 2.33 bits per heavy atom. The minimum atomic E-state index is -0.779. The number of rotatable bonds is 3. The number of carbonyl (C=O) groups is 1. The summed E-state index contributed by atoms with van der Waals surface area (Å²) in [6, 6.07) is 3.56. The van der Waals surface area contributed by atoms with Gasteiger partial charge in [0.1, 0.15) is 5.41 Å². The Balaban J connectivity index is 1.98. The molecular weight excluding hydrogens is 272 g/mol. The normalized spacial score (nSPS) is 21.9. The van der Waals surface area contributed by atoms with Crippen LogP contribution in [0.15, 0.2) is 22.9 Å². The van der Waals surface area contributed by atoms with Crippen molar-refractivity contribution in [1.82, 2.24) is 20.4 Å². The first-order valence-corrected chi connectivity index (χ1v) is 6.77. The van der Waals surface area contributed by atoms with Crippen molar-refractivity contribution >= 4 is 5.91 Å². The van der Waals surface area contributed by atoms with Gasteiger partial charge in [0.2, 0.25) is 23.5 Å². The van der Waals surface area contributed by atoms with Crippen molar-refractivity contribution < 1.29 is 14.1 Å². The maximum atomic E-state index is 12.1. The monoisotopic (exact) mass is 288 g/mol. The minimum Gasteiger partial charge on any atom is -0.480 e. The molecule has 0 radical (unpaired) electrons. The van der Waals surface area contributed by atoms with Gasteiger partial charge in [0, 0.05) is 12.7 Å².